The second-order valence-electron chi connectivity index (χ2n) is 4.21. The van der Waals surface area contributed by atoms with E-state index in [1.165, 1.54) is 18.2 Å². The zero-order valence-electron chi connectivity index (χ0n) is 12.3. The molecule has 2 amide bonds. The van der Waals surface area contributed by atoms with Crippen LogP contribution in [0.1, 0.15) is 23.7 Å². The van der Waals surface area contributed by atoms with E-state index in [1.54, 1.807) is 0 Å². The molecule has 9 nitrogen and oxygen atoms in total. The number of hydrogen-bond acceptors (Lipinski definition) is 6. The Bertz CT molecular complexity index is 608. The predicted octanol–water partition coefficient (Wildman–Crippen LogP) is 0.657. The number of rotatable bonds is 6. The molecule has 0 aliphatic heterocycles. The Kier molecular flexibility index (Phi) is 7.57. The van der Waals surface area contributed by atoms with Crippen LogP contribution in [-0.2, 0) is 9.53 Å². The van der Waals surface area contributed by atoms with Gasteiger partial charge in [-0.15, -0.1) is 0 Å². The predicted molar refractivity (Wildman–Crippen MR) is 85.5 cm³/mol. The Morgan fingerprint density at radius 1 is 1.35 bits per heavy atom. The van der Waals surface area contributed by atoms with Gasteiger partial charge in [-0.2, -0.15) is 0 Å². The quantitative estimate of drug-likeness (QED) is 0.301. The van der Waals surface area contributed by atoms with Crippen molar-refractivity contribution in [1.82, 2.24) is 16.2 Å². The van der Waals surface area contributed by atoms with Crippen molar-refractivity contribution in [2.45, 2.75) is 13.3 Å². The van der Waals surface area contributed by atoms with E-state index in [4.69, 9.17) is 17.0 Å². The summed E-state index contributed by atoms with van der Waals surface area (Å²) in [6, 6.07) is 5.19. The second kappa shape index (κ2) is 9.43. The molecule has 0 bridgehead atoms. The molecule has 23 heavy (non-hydrogen) atoms. The van der Waals surface area contributed by atoms with Gasteiger partial charge in [0.15, 0.2) is 5.11 Å². The number of nitrogens with one attached hydrogen (secondary N) is 3. The highest BCUT2D eigenvalue weighted by Gasteiger charge is 2.12. The number of benzene rings is 1. The van der Waals surface area contributed by atoms with Crippen LogP contribution in [0.15, 0.2) is 24.3 Å². The van der Waals surface area contributed by atoms with Gasteiger partial charge in [0.1, 0.15) is 0 Å². The van der Waals surface area contributed by atoms with Crippen molar-refractivity contribution in [3.8, 4) is 0 Å². The first-order chi connectivity index (χ1) is 10.9. The Hall–Kier alpha value is -2.59. The third-order valence-electron chi connectivity index (χ3n) is 2.54. The second-order valence-corrected chi connectivity index (χ2v) is 4.62. The monoisotopic (exact) mass is 340 g/mol. The SMILES string of the molecule is CCOCCC(=O)NNC(=S)NC(=O)c1cccc([N+](=O)[O-])c1. The van der Waals surface area contributed by atoms with E-state index < -0.39 is 10.8 Å². The molecule has 0 atom stereocenters. The summed E-state index contributed by atoms with van der Waals surface area (Å²) < 4.78 is 5.02. The number of amides is 2. The smallest absolute Gasteiger partial charge is 0.270 e. The number of non-ortho nitro benzene ring substituents is 1. The number of nitro benzene ring substituents is 1. The lowest BCUT2D eigenvalue weighted by molar-refractivity contribution is -0.384. The zero-order valence-corrected chi connectivity index (χ0v) is 13.1. The van der Waals surface area contributed by atoms with Gasteiger partial charge in [-0.1, -0.05) is 6.07 Å². The van der Waals surface area contributed by atoms with E-state index >= 15 is 0 Å². The number of thiocarbonyl (C=S) groups is 1. The summed E-state index contributed by atoms with van der Waals surface area (Å²) in [6.45, 7) is 2.60. The number of hydrazine groups is 1. The average Bonchev–Trinajstić information content (AvgIpc) is 2.53. The van der Waals surface area contributed by atoms with Crippen molar-refractivity contribution in [2.75, 3.05) is 13.2 Å². The highest BCUT2D eigenvalue weighted by atomic mass is 32.1. The molecule has 10 heteroatoms. The fraction of sp³-hybridized carbons (Fsp3) is 0.308. The molecule has 0 radical (unpaired) electrons. The molecule has 0 unspecified atom stereocenters. The van der Waals surface area contributed by atoms with Crippen molar-refractivity contribution < 1.29 is 19.2 Å². The topological polar surface area (TPSA) is 123 Å². The van der Waals surface area contributed by atoms with Crippen molar-refractivity contribution in [2.24, 2.45) is 0 Å². The molecule has 1 aromatic rings. The highest BCUT2D eigenvalue weighted by Crippen LogP contribution is 2.12. The number of carbonyl (C=O) groups is 2. The van der Waals surface area contributed by atoms with E-state index in [0.717, 1.165) is 6.07 Å². The van der Waals surface area contributed by atoms with Crippen LogP contribution in [0.5, 0.6) is 0 Å². The van der Waals surface area contributed by atoms with Crippen LogP contribution in [0.25, 0.3) is 0 Å². The normalized spacial score (nSPS) is 9.78. The minimum atomic E-state index is -0.630. The van der Waals surface area contributed by atoms with Gasteiger partial charge in [-0.3, -0.25) is 35.9 Å². The Labute approximate surface area is 137 Å². The van der Waals surface area contributed by atoms with Crippen molar-refractivity contribution in [3.05, 3.63) is 39.9 Å². The van der Waals surface area contributed by atoms with Crippen LogP contribution >= 0.6 is 12.2 Å². The van der Waals surface area contributed by atoms with Crippen LogP contribution in [-0.4, -0.2) is 35.1 Å². The molecule has 1 rings (SSSR count). The summed E-state index contributed by atoms with van der Waals surface area (Å²) in [5.74, 6) is -0.986. The van der Waals surface area contributed by atoms with Gasteiger partial charge in [0, 0.05) is 24.3 Å². The van der Waals surface area contributed by atoms with E-state index in [0.29, 0.717) is 6.61 Å². The van der Waals surface area contributed by atoms with Crippen LogP contribution in [0.3, 0.4) is 0 Å². The standard InChI is InChI=1S/C13H16N4O5S/c1-2-22-7-6-11(18)15-16-13(23)14-12(19)9-4-3-5-10(8-9)17(20)21/h3-5,8H,2,6-7H2,1H3,(H,15,18)(H2,14,16,19,23). The molecule has 124 valence electrons. The average molecular weight is 340 g/mol. The number of ether oxygens (including phenoxy) is 1. The van der Waals surface area contributed by atoms with E-state index in [9.17, 15) is 19.7 Å². The molecule has 0 spiro atoms. The van der Waals surface area contributed by atoms with Crippen LogP contribution in [0, 0.1) is 10.1 Å². The Morgan fingerprint density at radius 2 is 2.09 bits per heavy atom. The van der Waals surface area contributed by atoms with Gasteiger partial charge < -0.3 is 4.74 Å². The maximum atomic E-state index is 11.9. The zero-order chi connectivity index (χ0) is 17.2. The molecule has 0 saturated carbocycles. The van der Waals surface area contributed by atoms with Gasteiger partial charge >= 0.3 is 0 Å². The van der Waals surface area contributed by atoms with Crippen molar-refractivity contribution in [3.63, 3.8) is 0 Å². The summed E-state index contributed by atoms with van der Waals surface area (Å²) in [5.41, 5.74) is 4.52. The maximum absolute atomic E-state index is 11.9. The fourth-order valence-corrected chi connectivity index (χ4v) is 1.61. The van der Waals surface area contributed by atoms with Gasteiger partial charge in [0.2, 0.25) is 5.91 Å². The van der Waals surface area contributed by atoms with Crippen LogP contribution in [0.2, 0.25) is 0 Å². The van der Waals surface area contributed by atoms with E-state index in [-0.39, 0.29) is 35.3 Å². The largest absolute Gasteiger partial charge is 0.381 e. The summed E-state index contributed by atoms with van der Waals surface area (Å²) in [6.07, 6.45) is 0.141. The summed E-state index contributed by atoms with van der Waals surface area (Å²) in [5, 5.41) is 12.8. The molecule has 0 aromatic heterocycles. The molecule has 0 aliphatic rings. The Balaban J connectivity index is 2.45. The summed E-state index contributed by atoms with van der Waals surface area (Å²) in [7, 11) is 0. The third-order valence-corrected chi connectivity index (χ3v) is 2.74. The molecule has 0 saturated heterocycles. The van der Waals surface area contributed by atoms with Gasteiger partial charge in [-0.05, 0) is 25.2 Å². The first-order valence-electron chi connectivity index (χ1n) is 6.66. The van der Waals surface area contributed by atoms with E-state index in [2.05, 4.69) is 16.2 Å². The van der Waals surface area contributed by atoms with Gasteiger partial charge in [-0.25, -0.2) is 0 Å². The van der Waals surface area contributed by atoms with Crippen molar-refractivity contribution >= 4 is 34.8 Å². The molecule has 0 heterocycles. The molecule has 3 N–H and O–H groups in total. The summed E-state index contributed by atoms with van der Waals surface area (Å²) in [4.78, 5) is 33.3. The lowest BCUT2D eigenvalue weighted by atomic mass is 10.2. The number of carbonyl (C=O) groups excluding carboxylic acids is 2. The van der Waals surface area contributed by atoms with Crippen LogP contribution in [0.4, 0.5) is 5.69 Å². The lowest BCUT2D eigenvalue weighted by Crippen LogP contribution is -2.48. The van der Waals surface area contributed by atoms with Gasteiger partial charge in [0.05, 0.1) is 18.0 Å². The van der Waals surface area contributed by atoms with Crippen molar-refractivity contribution in [1.29, 1.82) is 0 Å². The number of nitro groups is 1. The molecular weight excluding hydrogens is 324 g/mol. The highest BCUT2D eigenvalue weighted by molar-refractivity contribution is 7.80. The molecule has 0 aliphatic carbocycles. The molecular formula is C13H16N4O5S. The minimum absolute atomic E-state index is 0.0750. The maximum Gasteiger partial charge on any atom is 0.270 e. The summed E-state index contributed by atoms with van der Waals surface area (Å²) >= 11 is 4.85. The Morgan fingerprint density at radius 3 is 2.74 bits per heavy atom. The van der Waals surface area contributed by atoms with E-state index in [1.807, 2.05) is 6.92 Å². The first kappa shape index (κ1) is 18.5. The minimum Gasteiger partial charge on any atom is -0.381 e. The molecule has 0 fully saturated rings. The lowest BCUT2D eigenvalue weighted by Gasteiger charge is -2.10. The van der Waals surface area contributed by atoms with Crippen LogP contribution < -0.4 is 16.2 Å². The number of nitrogens with zero attached hydrogens (tertiary/aromatic N) is 1. The fourth-order valence-electron chi connectivity index (χ4n) is 1.47. The molecule has 1 aromatic carbocycles. The first-order valence-corrected chi connectivity index (χ1v) is 7.07. The number of hydrogen-bond donors (Lipinski definition) is 3. The van der Waals surface area contributed by atoms with Gasteiger partial charge in [0.25, 0.3) is 11.6 Å². The third kappa shape index (κ3) is 6.80.